The van der Waals surface area contributed by atoms with Gasteiger partial charge in [-0.1, -0.05) is 17.7 Å². The summed E-state index contributed by atoms with van der Waals surface area (Å²) in [7, 11) is 0. The molecule has 1 fully saturated rings. The molecule has 1 aliphatic carbocycles. The van der Waals surface area contributed by atoms with E-state index in [1.54, 1.807) is 0 Å². The number of benzene rings is 1. The van der Waals surface area contributed by atoms with E-state index in [-0.39, 0.29) is 0 Å². The normalized spacial score (nSPS) is 17.9. The van der Waals surface area contributed by atoms with Gasteiger partial charge in [0.1, 0.15) is 0 Å². The molecule has 1 nitrogen and oxygen atoms in total. The van der Waals surface area contributed by atoms with Gasteiger partial charge >= 0.3 is 0 Å². The SMILES string of the molecule is Cc1c(Cl)cccc1NC(C)C1CC1. The molecule has 0 bridgehead atoms. The zero-order valence-corrected chi connectivity index (χ0v) is 9.43. The minimum Gasteiger partial charge on any atom is -0.382 e. The predicted octanol–water partition coefficient (Wildman–Crippen LogP) is 3.86. The van der Waals surface area contributed by atoms with E-state index in [1.807, 2.05) is 12.1 Å². The summed E-state index contributed by atoms with van der Waals surface area (Å²) < 4.78 is 0. The molecule has 0 radical (unpaired) electrons. The zero-order chi connectivity index (χ0) is 10.1. The predicted molar refractivity (Wildman–Crippen MR) is 62.0 cm³/mol. The molecule has 1 atom stereocenters. The number of anilines is 1. The van der Waals surface area contributed by atoms with Crippen molar-refractivity contribution in [1.82, 2.24) is 0 Å². The van der Waals surface area contributed by atoms with Crippen molar-refractivity contribution in [2.75, 3.05) is 5.32 Å². The summed E-state index contributed by atoms with van der Waals surface area (Å²) in [6.45, 7) is 4.31. The van der Waals surface area contributed by atoms with E-state index in [0.717, 1.165) is 16.5 Å². The van der Waals surface area contributed by atoms with Crippen LogP contribution in [0.15, 0.2) is 18.2 Å². The largest absolute Gasteiger partial charge is 0.382 e. The Kier molecular flexibility index (Phi) is 2.69. The highest BCUT2D eigenvalue weighted by Crippen LogP contribution is 2.35. The third-order valence-corrected chi connectivity index (χ3v) is 3.39. The maximum absolute atomic E-state index is 6.05. The first-order chi connectivity index (χ1) is 6.68. The topological polar surface area (TPSA) is 12.0 Å². The summed E-state index contributed by atoms with van der Waals surface area (Å²) in [6.07, 6.45) is 2.74. The van der Waals surface area contributed by atoms with E-state index in [4.69, 9.17) is 11.6 Å². The molecule has 1 aromatic carbocycles. The molecule has 1 aromatic rings. The summed E-state index contributed by atoms with van der Waals surface area (Å²) in [4.78, 5) is 0. The van der Waals surface area contributed by atoms with Crippen LogP contribution in [0.3, 0.4) is 0 Å². The lowest BCUT2D eigenvalue weighted by atomic mass is 10.1. The molecule has 0 saturated heterocycles. The molecule has 2 heteroatoms. The highest BCUT2D eigenvalue weighted by atomic mass is 35.5. The van der Waals surface area contributed by atoms with Crippen molar-refractivity contribution >= 4 is 17.3 Å². The van der Waals surface area contributed by atoms with Crippen molar-refractivity contribution in [3.8, 4) is 0 Å². The highest BCUT2D eigenvalue weighted by molar-refractivity contribution is 6.31. The van der Waals surface area contributed by atoms with Crippen LogP contribution < -0.4 is 5.32 Å². The van der Waals surface area contributed by atoms with Gasteiger partial charge in [-0.3, -0.25) is 0 Å². The van der Waals surface area contributed by atoms with E-state index in [0.29, 0.717) is 6.04 Å². The molecule has 0 spiro atoms. The fourth-order valence-electron chi connectivity index (χ4n) is 1.72. The van der Waals surface area contributed by atoms with Crippen LogP contribution in [-0.2, 0) is 0 Å². The third-order valence-electron chi connectivity index (χ3n) is 2.98. The maximum Gasteiger partial charge on any atom is 0.0455 e. The molecule has 14 heavy (non-hydrogen) atoms. The van der Waals surface area contributed by atoms with Crippen molar-refractivity contribution < 1.29 is 0 Å². The second-order valence-corrected chi connectivity index (χ2v) is 4.59. The van der Waals surface area contributed by atoms with Crippen molar-refractivity contribution in [3.63, 3.8) is 0 Å². The lowest BCUT2D eigenvalue weighted by molar-refractivity contribution is 0.693. The standard InChI is InChI=1S/C12H16ClN/c1-8-11(13)4-3-5-12(8)14-9(2)10-6-7-10/h3-5,9-10,14H,6-7H2,1-2H3. The molecule has 2 rings (SSSR count). The van der Waals surface area contributed by atoms with E-state index >= 15 is 0 Å². The molecule has 1 saturated carbocycles. The highest BCUT2D eigenvalue weighted by Gasteiger charge is 2.27. The Bertz CT molecular complexity index is 331. The van der Waals surface area contributed by atoms with E-state index in [2.05, 4.69) is 25.2 Å². The summed E-state index contributed by atoms with van der Waals surface area (Å²) in [6, 6.07) is 6.61. The molecule has 1 unspecified atom stereocenters. The monoisotopic (exact) mass is 209 g/mol. The fourth-order valence-corrected chi connectivity index (χ4v) is 1.90. The lowest BCUT2D eigenvalue weighted by Crippen LogP contribution is -2.17. The van der Waals surface area contributed by atoms with Gasteiger partial charge in [0.25, 0.3) is 0 Å². The van der Waals surface area contributed by atoms with Gasteiger partial charge in [0.05, 0.1) is 0 Å². The Morgan fingerprint density at radius 2 is 2.14 bits per heavy atom. The van der Waals surface area contributed by atoms with Gasteiger partial charge in [-0.2, -0.15) is 0 Å². The number of halogens is 1. The van der Waals surface area contributed by atoms with Crippen LogP contribution >= 0.6 is 11.6 Å². The van der Waals surface area contributed by atoms with Gasteiger partial charge in [-0.25, -0.2) is 0 Å². The van der Waals surface area contributed by atoms with Gasteiger partial charge in [0.15, 0.2) is 0 Å². The van der Waals surface area contributed by atoms with Gasteiger partial charge in [0, 0.05) is 16.8 Å². The molecule has 0 aromatic heterocycles. The summed E-state index contributed by atoms with van der Waals surface area (Å²) in [5.74, 6) is 0.869. The van der Waals surface area contributed by atoms with Gasteiger partial charge in [0.2, 0.25) is 0 Å². The first-order valence-corrected chi connectivity index (χ1v) is 5.58. The Hall–Kier alpha value is -0.690. The average Bonchev–Trinajstić information content (AvgIpc) is 2.95. The molecule has 1 N–H and O–H groups in total. The van der Waals surface area contributed by atoms with Crippen molar-refractivity contribution in [1.29, 1.82) is 0 Å². The molecule has 0 aliphatic heterocycles. The second-order valence-electron chi connectivity index (χ2n) is 4.18. The smallest absolute Gasteiger partial charge is 0.0455 e. The Balaban J connectivity index is 2.11. The van der Waals surface area contributed by atoms with Crippen LogP contribution in [0.5, 0.6) is 0 Å². The first kappa shape index (κ1) is 9.85. The maximum atomic E-state index is 6.05. The number of rotatable bonds is 3. The molecule has 76 valence electrons. The quantitative estimate of drug-likeness (QED) is 0.797. The van der Waals surface area contributed by atoms with Gasteiger partial charge in [-0.15, -0.1) is 0 Å². The van der Waals surface area contributed by atoms with Crippen molar-refractivity contribution in [2.45, 2.75) is 32.7 Å². The van der Waals surface area contributed by atoms with E-state index in [9.17, 15) is 0 Å². The number of nitrogens with one attached hydrogen (secondary N) is 1. The Labute approximate surface area is 90.5 Å². The minimum absolute atomic E-state index is 0.576. The number of hydrogen-bond acceptors (Lipinski definition) is 1. The summed E-state index contributed by atoms with van der Waals surface area (Å²) >= 11 is 6.05. The zero-order valence-electron chi connectivity index (χ0n) is 8.68. The van der Waals surface area contributed by atoms with Gasteiger partial charge in [-0.05, 0) is 50.3 Å². The fraction of sp³-hybridized carbons (Fsp3) is 0.500. The Morgan fingerprint density at radius 3 is 2.79 bits per heavy atom. The van der Waals surface area contributed by atoms with Crippen LogP contribution in [0, 0.1) is 12.8 Å². The second kappa shape index (κ2) is 3.82. The van der Waals surface area contributed by atoms with E-state index < -0.39 is 0 Å². The lowest BCUT2D eigenvalue weighted by Gasteiger charge is -2.16. The summed E-state index contributed by atoms with van der Waals surface area (Å²) in [5.41, 5.74) is 2.33. The van der Waals surface area contributed by atoms with Crippen molar-refractivity contribution in [3.05, 3.63) is 28.8 Å². The summed E-state index contributed by atoms with van der Waals surface area (Å²) in [5, 5.41) is 4.37. The van der Waals surface area contributed by atoms with Crippen LogP contribution in [0.1, 0.15) is 25.3 Å². The van der Waals surface area contributed by atoms with Gasteiger partial charge < -0.3 is 5.32 Å². The molecular weight excluding hydrogens is 194 g/mol. The van der Waals surface area contributed by atoms with Crippen LogP contribution in [0.4, 0.5) is 5.69 Å². The molecule has 1 aliphatic rings. The first-order valence-electron chi connectivity index (χ1n) is 5.20. The van der Waals surface area contributed by atoms with Crippen LogP contribution in [-0.4, -0.2) is 6.04 Å². The molecular formula is C12H16ClN. The number of hydrogen-bond donors (Lipinski definition) is 1. The molecule has 0 heterocycles. The third kappa shape index (κ3) is 2.03. The Morgan fingerprint density at radius 1 is 1.43 bits per heavy atom. The molecule has 0 amide bonds. The van der Waals surface area contributed by atoms with Crippen molar-refractivity contribution in [2.24, 2.45) is 5.92 Å². The average molecular weight is 210 g/mol. The van der Waals surface area contributed by atoms with E-state index in [1.165, 1.54) is 18.5 Å². The minimum atomic E-state index is 0.576. The van der Waals surface area contributed by atoms with Crippen LogP contribution in [0.2, 0.25) is 5.02 Å². The van der Waals surface area contributed by atoms with Crippen LogP contribution in [0.25, 0.3) is 0 Å².